The van der Waals surface area contributed by atoms with E-state index in [9.17, 15) is 22.0 Å². The lowest BCUT2D eigenvalue weighted by Crippen LogP contribution is -2.23. The number of halogens is 5. The Morgan fingerprint density at radius 1 is 1.16 bits per heavy atom. The minimum atomic E-state index is -4.90. The fourth-order valence-electron chi connectivity index (χ4n) is 1.49. The van der Waals surface area contributed by atoms with Crippen molar-refractivity contribution in [1.82, 2.24) is 0 Å². The Labute approximate surface area is 107 Å². The molecule has 1 rings (SSSR count). The van der Waals surface area contributed by atoms with Crippen LogP contribution in [0.2, 0.25) is 0 Å². The van der Waals surface area contributed by atoms with E-state index in [1.807, 2.05) is 0 Å². The third-order valence-corrected chi connectivity index (χ3v) is 2.06. The third kappa shape index (κ3) is 3.94. The van der Waals surface area contributed by atoms with E-state index in [4.69, 9.17) is 4.74 Å². The van der Waals surface area contributed by atoms with Gasteiger partial charge in [0.1, 0.15) is 23.0 Å². The zero-order valence-corrected chi connectivity index (χ0v) is 10.7. The highest BCUT2D eigenvalue weighted by atomic mass is 19.4. The molecule has 106 valence electrons. The molecular formula is C13H13F5O. The standard InChI is InChI=1S/C13H13F5O/c1-7(14)11-9(13(16,17)18)5-8(6-10(11)15)19-12(2,3)4/h5-6H,1H2,2-4H3. The maximum atomic E-state index is 13.6. The normalized spacial score (nSPS) is 12.4. The first kappa shape index (κ1) is 15.5. The van der Waals surface area contributed by atoms with E-state index in [0.717, 1.165) is 0 Å². The Morgan fingerprint density at radius 2 is 1.68 bits per heavy atom. The largest absolute Gasteiger partial charge is 0.488 e. The van der Waals surface area contributed by atoms with Gasteiger partial charge in [-0.3, -0.25) is 0 Å². The van der Waals surface area contributed by atoms with Crippen molar-refractivity contribution >= 4 is 5.83 Å². The van der Waals surface area contributed by atoms with E-state index in [2.05, 4.69) is 6.58 Å². The van der Waals surface area contributed by atoms with Crippen LogP contribution in [0.5, 0.6) is 5.75 Å². The Balaban J connectivity index is 3.44. The minimum absolute atomic E-state index is 0.317. The van der Waals surface area contributed by atoms with Crippen molar-refractivity contribution in [2.45, 2.75) is 32.5 Å². The molecule has 0 amide bonds. The average molecular weight is 280 g/mol. The molecule has 1 aromatic carbocycles. The molecule has 1 aromatic rings. The second kappa shape index (κ2) is 4.83. The third-order valence-electron chi connectivity index (χ3n) is 2.06. The Hall–Kier alpha value is -1.59. The highest BCUT2D eigenvalue weighted by Gasteiger charge is 2.36. The summed E-state index contributed by atoms with van der Waals surface area (Å²) in [5.41, 5.74) is -3.43. The minimum Gasteiger partial charge on any atom is -0.488 e. The summed E-state index contributed by atoms with van der Waals surface area (Å²) in [7, 11) is 0. The van der Waals surface area contributed by atoms with Gasteiger partial charge in [0.05, 0.1) is 11.1 Å². The van der Waals surface area contributed by atoms with Crippen LogP contribution in [0.25, 0.3) is 5.83 Å². The van der Waals surface area contributed by atoms with Crippen LogP contribution in [-0.4, -0.2) is 5.60 Å². The average Bonchev–Trinajstić information content (AvgIpc) is 2.11. The van der Waals surface area contributed by atoms with Crippen molar-refractivity contribution < 1.29 is 26.7 Å². The first-order valence-electron chi connectivity index (χ1n) is 5.36. The molecular weight excluding hydrogens is 267 g/mol. The Bertz CT molecular complexity index is 497. The molecule has 0 fully saturated rings. The number of benzene rings is 1. The van der Waals surface area contributed by atoms with Gasteiger partial charge in [-0.25, -0.2) is 8.78 Å². The molecule has 0 saturated heterocycles. The highest BCUT2D eigenvalue weighted by molar-refractivity contribution is 5.63. The number of hydrogen-bond donors (Lipinski definition) is 0. The van der Waals surface area contributed by atoms with Gasteiger partial charge in [0.15, 0.2) is 0 Å². The van der Waals surface area contributed by atoms with Crippen LogP contribution in [0.15, 0.2) is 18.7 Å². The molecule has 6 heteroatoms. The van der Waals surface area contributed by atoms with E-state index in [0.29, 0.717) is 12.1 Å². The number of rotatable bonds is 2. The van der Waals surface area contributed by atoms with Crippen LogP contribution < -0.4 is 4.74 Å². The zero-order chi connectivity index (χ0) is 15.0. The van der Waals surface area contributed by atoms with Gasteiger partial charge in [0.25, 0.3) is 0 Å². The van der Waals surface area contributed by atoms with Gasteiger partial charge >= 0.3 is 6.18 Å². The van der Waals surface area contributed by atoms with Gasteiger partial charge in [0.2, 0.25) is 0 Å². The SMILES string of the molecule is C=C(F)c1c(F)cc(OC(C)(C)C)cc1C(F)(F)F. The fourth-order valence-corrected chi connectivity index (χ4v) is 1.49. The lowest BCUT2D eigenvalue weighted by molar-refractivity contribution is -0.138. The van der Waals surface area contributed by atoms with Crippen molar-refractivity contribution in [3.8, 4) is 5.75 Å². The van der Waals surface area contributed by atoms with E-state index >= 15 is 0 Å². The molecule has 0 N–H and O–H groups in total. The number of alkyl halides is 3. The second-order valence-corrected chi connectivity index (χ2v) is 4.94. The van der Waals surface area contributed by atoms with Gasteiger partial charge < -0.3 is 4.74 Å². The van der Waals surface area contributed by atoms with E-state index in [1.54, 1.807) is 20.8 Å². The van der Waals surface area contributed by atoms with Gasteiger partial charge in [-0.1, -0.05) is 6.58 Å². The summed E-state index contributed by atoms with van der Waals surface area (Å²) in [4.78, 5) is 0. The van der Waals surface area contributed by atoms with Crippen molar-refractivity contribution in [2.24, 2.45) is 0 Å². The maximum Gasteiger partial charge on any atom is 0.417 e. The summed E-state index contributed by atoms with van der Waals surface area (Å²) in [5.74, 6) is -3.16. The Morgan fingerprint density at radius 3 is 2.05 bits per heavy atom. The first-order chi connectivity index (χ1) is 8.42. The lowest BCUT2D eigenvalue weighted by atomic mass is 10.0. The van der Waals surface area contributed by atoms with Gasteiger partial charge in [-0.15, -0.1) is 0 Å². The van der Waals surface area contributed by atoms with Crippen LogP contribution in [0.1, 0.15) is 31.9 Å². The summed E-state index contributed by atoms with van der Waals surface area (Å²) in [5, 5.41) is 0. The van der Waals surface area contributed by atoms with Crippen LogP contribution in [0.4, 0.5) is 22.0 Å². The molecule has 0 aliphatic rings. The quantitative estimate of drug-likeness (QED) is 0.695. The molecule has 0 radical (unpaired) electrons. The van der Waals surface area contributed by atoms with Crippen LogP contribution >= 0.6 is 0 Å². The molecule has 0 unspecified atom stereocenters. The van der Waals surface area contributed by atoms with Crippen molar-refractivity contribution in [3.63, 3.8) is 0 Å². The fraction of sp³-hybridized carbons (Fsp3) is 0.385. The molecule has 0 aliphatic carbocycles. The predicted molar refractivity (Wildman–Crippen MR) is 61.9 cm³/mol. The molecule has 0 aliphatic heterocycles. The van der Waals surface area contributed by atoms with Crippen molar-refractivity contribution in [3.05, 3.63) is 35.7 Å². The summed E-state index contributed by atoms with van der Waals surface area (Å²) >= 11 is 0. The predicted octanol–water partition coefficient (Wildman–Crippen LogP) is 4.96. The molecule has 0 bridgehead atoms. The smallest absolute Gasteiger partial charge is 0.417 e. The van der Waals surface area contributed by atoms with E-state index in [-0.39, 0.29) is 5.75 Å². The Kier molecular flexibility index (Phi) is 3.93. The van der Waals surface area contributed by atoms with Crippen molar-refractivity contribution in [1.29, 1.82) is 0 Å². The number of hydrogen-bond acceptors (Lipinski definition) is 1. The molecule has 0 spiro atoms. The van der Waals surface area contributed by atoms with E-state index in [1.165, 1.54) is 0 Å². The van der Waals surface area contributed by atoms with Gasteiger partial charge in [-0.05, 0) is 26.8 Å². The summed E-state index contributed by atoms with van der Waals surface area (Å²) in [6.07, 6.45) is -4.90. The topological polar surface area (TPSA) is 9.23 Å². The second-order valence-electron chi connectivity index (χ2n) is 4.94. The maximum absolute atomic E-state index is 13.6. The summed E-state index contributed by atoms with van der Waals surface area (Å²) in [6.45, 7) is 7.51. The summed E-state index contributed by atoms with van der Waals surface area (Å²) in [6, 6.07) is 1.27. The first-order valence-corrected chi connectivity index (χ1v) is 5.36. The zero-order valence-electron chi connectivity index (χ0n) is 10.7. The number of ether oxygens (including phenoxy) is 1. The molecule has 0 saturated carbocycles. The lowest BCUT2D eigenvalue weighted by Gasteiger charge is -2.23. The monoisotopic (exact) mass is 280 g/mol. The molecule has 19 heavy (non-hydrogen) atoms. The van der Waals surface area contributed by atoms with Crippen molar-refractivity contribution in [2.75, 3.05) is 0 Å². The van der Waals surface area contributed by atoms with Crippen LogP contribution in [0.3, 0.4) is 0 Å². The highest BCUT2D eigenvalue weighted by Crippen LogP contribution is 2.39. The van der Waals surface area contributed by atoms with Gasteiger partial charge in [-0.2, -0.15) is 13.2 Å². The molecule has 0 atom stereocenters. The summed E-state index contributed by atoms with van der Waals surface area (Å²) < 4.78 is 70.0. The van der Waals surface area contributed by atoms with Crippen LogP contribution in [0, 0.1) is 5.82 Å². The van der Waals surface area contributed by atoms with Crippen LogP contribution in [-0.2, 0) is 6.18 Å². The van der Waals surface area contributed by atoms with Gasteiger partial charge in [0, 0.05) is 6.07 Å². The molecule has 0 aromatic heterocycles. The van der Waals surface area contributed by atoms with E-state index < -0.39 is 34.5 Å². The molecule has 0 heterocycles. The molecule has 1 nitrogen and oxygen atoms in total.